The number of methoxy groups -OCH3 is 2. The van der Waals surface area contributed by atoms with Crippen molar-refractivity contribution in [3.05, 3.63) is 25.3 Å². The van der Waals surface area contributed by atoms with E-state index in [1.165, 1.54) is 0 Å². The maximum Gasteiger partial charge on any atom is 1.00 e. The number of hydrogen-bond donors (Lipinski definition) is 2. The van der Waals surface area contributed by atoms with Crippen LogP contribution >= 0.6 is 0 Å². The topological polar surface area (TPSA) is 94.5 Å². The van der Waals surface area contributed by atoms with Gasteiger partial charge in [-0.3, -0.25) is 4.79 Å². The van der Waals surface area contributed by atoms with Gasteiger partial charge < -0.3 is 28.2 Å². The fourth-order valence-corrected chi connectivity index (χ4v) is 1.40. The van der Waals surface area contributed by atoms with Gasteiger partial charge in [0.15, 0.2) is 0 Å². The number of carbonyl (C=O) groups is 1. The van der Waals surface area contributed by atoms with E-state index in [0.29, 0.717) is 19.6 Å². The van der Waals surface area contributed by atoms with Crippen LogP contribution < -0.4 is 29.6 Å². The van der Waals surface area contributed by atoms with Crippen molar-refractivity contribution in [2.75, 3.05) is 53.9 Å². The summed E-state index contributed by atoms with van der Waals surface area (Å²) < 4.78 is 18.9. The summed E-state index contributed by atoms with van der Waals surface area (Å²) in [6.45, 7) is 19.5. The second kappa shape index (κ2) is 30.3. The molecule has 0 aliphatic carbocycles. The van der Waals surface area contributed by atoms with Crippen molar-refractivity contribution >= 4 is 22.6 Å². The molecule has 0 saturated heterocycles. The molecule has 0 amide bonds. The molecule has 182 valence electrons. The fourth-order valence-electron chi connectivity index (χ4n) is 1.40. The maximum atomic E-state index is 11.2. The Bertz CT molecular complexity index is 386. The molecule has 0 fully saturated rings. The van der Waals surface area contributed by atoms with Gasteiger partial charge in [0.1, 0.15) is 0 Å². The summed E-state index contributed by atoms with van der Waals surface area (Å²) in [4.78, 5) is 11.2. The van der Waals surface area contributed by atoms with E-state index in [9.17, 15) is 4.79 Å². The van der Waals surface area contributed by atoms with Crippen LogP contribution in [0.1, 0.15) is 47.5 Å². The maximum absolute atomic E-state index is 11.2. The van der Waals surface area contributed by atoms with Gasteiger partial charge in [0.25, 0.3) is 0 Å². The molecule has 0 aromatic rings. The molecular weight excluding hydrogens is 426 g/mol. The monoisotopic (exact) mass is 474 g/mol. The van der Waals surface area contributed by atoms with E-state index in [2.05, 4.69) is 17.9 Å². The molecule has 0 heterocycles. The fraction of sp³-hybridized carbons (Fsp3) is 0.773. The van der Waals surface area contributed by atoms with Gasteiger partial charge in [-0.2, -0.15) is 0 Å². The van der Waals surface area contributed by atoms with Crippen molar-refractivity contribution in [2.24, 2.45) is 10.8 Å². The number of aliphatic hydroxyl groups excluding tert-OH is 2. The van der Waals surface area contributed by atoms with E-state index in [1.807, 2.05) is 40.7 Å². The zero-order valence-corrected chi connectivity index (χ0v) is 22.7. The largest absolute Gasteiger partial charge is 1.00 e. The van der Waals surface area contributed by atoms with Gasteiger partial charge in [-0.25, -0.2) is 0 Å². The molecule has 7 nitrogen and oxygen atoms in total. The van der Waals surface area contributed by atoms with Crippen LogP contribution in [0.4, 0.5) is 0 Å². The third-order valence-corrected chi connectivity index (χ3v) is 3.19. The molecule has 9 heteroatoms. The Labute approximate surface area is 221 Å². The summed E-state index contributed by atoms with van der Waals surface area (Å²) >= 11 is 0.160. The van der Waals surface area contributed by atoms with Gasteiger partial charge in [0.2, 0.25) is 16.6 Å². The Morgan fingerprint density at radius 2 is 1.45 bits per heavy atom. The average molecular weight is 475 g/mol. The zero-order valence-electron chi connectivity index (χ0n) is 20.7. The Kier molecular flexibility index (Phi) is 40.6. The molecule has 0 saturated carbocycles. The summed E-state index contributed by atoms with van der Waals surface area (Å²) in [5, 5.41) is 16.6. The van der Waals surface area contributed by atoms with Crippen LogP contribution in [-0.2, 0) is 22.8 Å². The normalized spacial score (nSPS) is 9.97. The van der Waals surface area contributed by atoms with Crippen molar-refractivity contribution in [1.29, 1.82) is 0 Å². The van der Waals surface area contributed by atoms with Crippen LogP contribution in [0.3, 0.4) is 0 Å². The summed E-state index contributed by atoms with van der Waals surface area (Å²) in [6, 6.07) is 0. The molecule has 0 aromatic carbocycles. The predicted octanol–water partition coefficient (Wildman–Crippen LogP) is -0.708. The third kappa shape index (κ3) is 37.9. The summed E-state index contributed by atoms with van der Waals surface area (Å²) in [7, 11) is 3.23. The number of esters is 1. The molecule has 0 rings (SSSR count). The molecular formula is C22H48AlNaO7. The molecule has 0 aliphatic rings. The number of rotatable bonds is 12. The molecule has 31 heavy (non-hydrogen) atoms. The first kappa shape index (κ1) is 41.5. The van der Waals surface area contributed by atoms with Crippen molar-refractivity contribution in [3.8, 4) is 0 Å². The summed E-state index contributed by atoms with van der Waals surface area (Å²) in [5.74, 6) is -0.153. The van der Waals surface area contributed by atoms with E-state index in [-0.39, 0.29) is 70.8 Å². The Balaban J connectivity index is -0.000000100. The number of aliphatic hydroxyl groups is 2. The number of allylic oxidation sites excluding steroid dienone is 2. The van der Waals surface area contributed by atoms with E-state index in [1.54, 1.807) is 20.3 Å². The van der Waals surface area contributed by atoms with Crippen molar-refractivity contribution in [3.63, 3.8) is 0 Å². The third-order valence-electron chi connectivity index (χ3n) is 3.19. The molecule has 0 atom stereocenters. The minimum atomic E-state index is -0.419. The second-order valence-electron chi connectivity index (χ2n) is 7.33. The molecule has 0 bridgehead atoms. The van der Waals surface area contributed by atoms with Crippen LogP contribution in [0.5, 0.6) is 0 Å². The molecule has 2 N–H and O–H groups in total. The van der Waals surface area contributed by atoms with Gasteiger partial charge in [-0.05, 0) is 39.0 Å². The first-order valence-corrected chi connectivity index (χ1v) is 9.66. The van der Waals surface area contributed by atoms with Crippen molar-refractivity contribution < 1.29 is 62.6 Å². The van der Waals surface area contributed by atoms with Crippen LogP contribution in [0, 0.1) is 10.8 Å². The average Bonchev–Trinajstić information content (AvgIpc) is 2.68. The predicted molar refractivity (Wildman–Crippen MR) is 128 cm³/mol. The summed E-state index contributed by atoms with van der Waals surface area (Å²) in [5.41, 5.74) is -0.389. The Morgan fingerprint density at radius 1 is 0.968 bits per heavy atom. The van der Waals surface area contributed by atoms with Crippen LogP contribution in [0.25, 0.3) is 0 Å². The Morgan fingerprint density at radius 3 is 1.65 bits per heavy atom. The smallest absolute Gasteiger partial charge is 0.663 e. The number of hydrogen-bond acceptors (Lipinski definition) is 7. The molecule has 0 radical (unpaired) electrons. The first-order chi connectivity index (χ1) is 14.0. The Hall–Kier alpha value is 0.282. The SMILES string of the molecule is C=CCC(C)(C)C(=O)OCC.C=CCC(C)(C)CO.COCCO.COCC[O][AlH3-].[Na+]. The molecule has 0 aliphatic heterocycles. The van der Waals surface area contributed by atoms with Gasteiger partial charge in [0.05, 0.1) is 31.8 Å². The van der Waals surface area contributed by atoms with Crippen molar-refractivity contribution in [2.45, 2.75) is 47.5 Å². The molecule has 0 aromatic heterocycles. The minimum Gasteiger partial charge on any atom is -0.663 e. The molecule has 0 unspecified atom stereocenters. The van der Waals surface area contributed by atoms with E-state index in [4.69, 9.17) is 23.5 Å². The van der Waals surface area contributed by atoms with Crippen LogP contribution in [0.2, 0.25) is 0 Å². The molecule has 0 spiro atoms. The van der Waals surface area contributed by atoms with E-state index >= 15 is 0 Å². The van der Waals surface area contributed by atoms with Gasteiger partial charge in [0, 0.05) is 27.4 Å². The zero-order chi connectivity index (χ0) is 24.5. The minimum absolute atomic E-state index is 0. The van der Waals surface area contributed by atoms with Crippen LogP contribution in [-0.4, -0.2) is 86.7 Å². The summed E-state index contributed by atoms with van der Waals surface area (Å²) in [6.07, 6.45) is 5.10. The number of carbonyl (C=O) groups excluding carboxylic acids is 1. The van der Waals surface area contributed by atoms with Crippen molar-refractivity contribution in [1.82, 2.24) is 0 Å². The van der Waals surface area contributed by atoms with E-state index in [0.717, 1.165) is 19.6 Å². The quantitative estimate of drug-likeness (QED) is 0.167. The van der Waals surface area contributed by atoms with Gasteiger partial charge >= 0.3 is 35.5 Å². The first-order valence-electron chi connectivity index (χ1n) is 9.66. The van der Waals surface area contributed by atoms with Crippen LogP contribution in [0.15, 0.2) is 25.3 Å². The van der Waals surface area contributed by atoms with Gasteiger partial charge in [-0.1, -0.05) is 26.0 Å². The second-order valence-corrected chi connectivity index (χ2v) is 7.33. The van der Waals surface area contributed by atoms with E-state index < -0.39 is 5.41 Å². The standard InChI is InChI=1S/C9H16O2.C7H14O.C3H8O2.C3H7O2.Al.Na.3H/c1-5-7-9(3,4)8(10)11-6-2;1-4-5-7(2,3)6-8;2*1-5-3-2-4;;;;;/h5H,1,6-7H2,2-4H3;4,8H,1,5-6H2,2-3H3;4H,2-3H2,1H3;2-3H2,1H3;;;;;/q;;;-1;;+1;;;. The van der Waals surface area contributed by atoms with Gasteiger partial charge in [-0.15, -0.1) is 13.2 Å². The number of ether oxygens (including phenoxy) is 3.